The number of fused-ring (bicyclic) bond motifs is 3. The zero-order valence-electron chi connectivity index (χ0n) is 8.64. The van der Waals surface area contributed by atoms with E-state index in [0.29, 0.717) is 0 Å². The lowest BCUT2D eigenvalue weighted by atomic mass is 10.2. The summed E-state index contributed by atoms with van der Waals surface area (Å²) in [6.45, 7) is 2.12. The van der Waals surface area contributed by atoms with Crippen molar-refractivity contribution in [3.63, 3.8) is 0 Å². The van der Waals surface area contributed by atoms with Crippen LogP contribution in [0.25, 0.3) is 11.2 Å². The summed E-state index contributed by atoms with van der Waals surface area (Å²) in [7, 11) is 0. The van der Waals surface area contributed by atoms with Gasteiger partial charge in [-0.3, -0.25) is 4.40 Å². The lowest BCUT2D eigenvalue weighted by molar-refractivity contribution is 1.13. The van der Waals surface area contributed by atoms with Gasteiger partial charge in [-0.15, -0.1) is 0 Å². The summed E-state index contributed by atoms with van der Waals surface area (Å²) in [5.41, 5.74) is 9.58. The van der Waals surface area contributed by atoms with Crippen LogP contribution in [0.15, 0.2) is 36.7 Å². The standard InChI is InChI=1S/C12H13N3/c1-2-9-7-11-14-6-4-3-5-10(14)8-15(11)12(9)13/h3-8H,2,13H2,1H3. The fourth-order valence-corrected chi connectivity index (χ4v) is 2.08. The number of pyridine rings is 1. The van der Waals surface area contributed by atoms with Crippen molar-refractivity contribution in [1.82, 2.24) is 8.80 Å². The molecular weight excluding hydrogens is 186 g/mol. The topological polar surface area (TPSA) is 34.8 Å². The van der Waals surface area contributed by atoms with Crippen molar-refractivity contribution < 1.29 is 0 Å². The lowest BCUT2D eigenvalue weighted by Crippen LogP contribution is -1.92. The Kier molecular flexibility index (Phi) is 1.57. The molecular formula is C12H13N3. The number of hydrogen-bond acceptors (Lipinski definition) is 1. The Hall–Kier alpha value is -1.90. The van der Waals surface area contributed by atoms with Crippen LogP contribution in [0.2, 0.25) is 0 Å². The minimum Gasteiger partial charge on any atom is -0.385 e. The summed E-state index contributed by atoms with van der Waals surface area (Å²) in [6.07, 6.45) is 5.11. The Bertz CT molecular complexity index is 631. The zero-order valence-corrected chi connectivity index (χ0v) is 8.64. The molecule has 0 aliphatic heterocycles. The van der Waals surface area contributed by atoms with Crippen LogP contribution in [0.1, 0.15) is 12.5 Å². The predicted molar refractivity (Wildman–Crippen MR) is 62.1 cm³/mol. The Morgan fingerprint density at radius 2 is 2.13 bits per heavy atom. The fourth-order valence-electron chi connectivity index (χ4n) is 2.08. The normalized spacial score (nSPS) is 11.5. The predicted octanol–water partition coefficient (Wildman–Crippen LogP) is 2.34. The van der Waals surface area contributed by atoms with Gasteiger partial charge in [0.2, 0.25) is 0 Å². The molecule has 0 bridgehead atoms. The summed E-state index contributed by atoms with van der Waals surface area (Å²) >= 11 is 0. The summed E-state index contributed by atoms with van der Waals surface area (Å²) in [4.78, 5) is 0. The molecule has 3 aromatic rings. The van der Waals surface area contributed by atoms with Crippen molar-refractivity contribution >= 4 is 17.0 Å². The molecule has 15 heavy (non-hydrogen) atoms. The molecule has 0 aromatic carbocycles. The first-order valence-electron chi connectivity index (χ1n) is 5.16. The lowest BCUT2D eigenvalue weighted by Gasteiger charge is -1.93. The molecule has 0 aliphatic rings. The smallest absolute Gasteiger partial charge is 0.123 e. The number of aromatic nitrogens is 2. The van der Waals surface area contributed by atoms with Gasteiger partial charge in [0.15, 0.2) is 0 Å². The van der Waals surface area contributed by atoms with Crippen molar-refractivity contribution in [1.29, 1.82) is 0 Å². The van der Waals surface area contributed by atoms with E-state index in [4.69, 9.17) is 5.73 Å². The molecule has 0 aliphatic carbocycles. The summed E-state index contributed by atoms with van der Waals surface area (Å²) in [5.74, 6) is 0.858. The molecule has 3 heterocycles. The van der Waals surface area contributed by atoms with Gasteiger partial charge in [-0.2, -0.15) is 0 Å². The molecule has 3 nitrogen and oxygen atoms in total. The maximum Gasteiger partial charge on any atom is 0.123 e. The Morgan fingerprint density at radius 3 is 2.93 bits per heavy atom. The molecule has 3 heteroatoms. The van der Waals surface area contributed by atoms with Crippen molar-refractivity contribution in [2.24, 2.45) is 0 Å². The van der Waals surface area contributed by atoms with Crippen molar-refractivity contribution in [3.05, 3.63) is 42.2 Å². The van der Waals surface area contributed by atoms with Gasteiger partial charge in [0.05, 0.1) is 5.52 Å². The van der Waals surface area contributed by atoms with Crippen LogP contribution >= 0.6 is 0 Å². The van der Waals surface area contributed by atoms with E-state index in [1.54, 1.807) is 0 Å². The van der Waals surface area contributed by atoms with Crippen LogP contribution in [-0.4, -0.2) is 8.80 Å². The summed E-state index contributed by atoms with van der Waals surface area (Å²) in [5, 5.41) is 0. The van der Waals surface area contributed by atoms with E-state index in [9.17, 15) is 0 Å². The third-order valence-electron chi connectivity index (χ3n) is 2.92. The van der Waals surface area contributed by atoms with Gasteiger partial charge in [0, 0.05) is 12.4 Å². The van der Waals surface area contributed by atoms with E-state index >= 15 is 0 Å². The average molecular weight is 199 g/mol. The second-order valence-corrected chi connectivity index (χ2v) is 3.76. The van der Waals surface area contributed by atoms with E-state index in [2.05, 4.69) is 35.9 Å². The van der Waals surface area contributed by atoms with Gasteiger partial charge in [-0.25, -0.2) is 0 Å². The molecule has 0 fully saturated rings. The van der Waals surface area contributed by atoms with E-state index < -0.39 is 0 Å². The highest BCUT2D eigenvalue weighted by Gasteiger charge is 2.08. The van der Waals surface area contributed by atoms with Crippen LogP contribution < -0.4 is 5.73 Å². The van der Waals surface area contributed by atoms with E-state index in [1.807, 2.05) is 16.5 Å². The first-order chi connectivity index (χ1) is 7.31. The third kappa shape index (κ3) is 1.00. The highest BCUT2D eigenvalue weighted by Crippen LogP contribution is 2.22. The third-order valence-corrected chi connectivity index (χ3v) is 2.92. The van der Waals surface area contributed by atoms with Crippen LogP contribution in [0.3, 0.4) is 0 Å². The quantitative estimate of drug-likeness (QED) is 0.641. The zero-order chi connectivity index (χ0) is 10.4. The largest absolute Gasteiger partial charge is 0.385 e. The number of nitrogen functional groups attached to an aromatic ring is 1. The second kappa shape index (κ2) is 2.79. The van der Waals surface area contributed by atoms with Crippen LogP contribution in [0.4, 0.5) is 5.82 Å². The molecule has 0 radical (unpaired) electrons. The van der Waals surface area contributed by atoms with Crippen molar-refractivity contribution in [2.45, 2.75) is 13.3 Å². The van der Waals surface area contributed by atoms with Crippen molar-refractivity contribution in [2.75, 3.05) is 5.73 Å². The molecule has 0 saturated carbocycles. The Morgan fingerprint density at radius 1 is 1.27 bits per heavy atom. The number of hydrogen-bond donors (Lipinski definition) is 1. The first kappa shape index (κ1) is 8.41. The van der Waals surface area contributed by atoms with E-state index in [0.717, 1.165) is 17.9 Å². The van der Waals surface area contributed by atoms with Gasteiger partial charge in [0.1, 0.15) is 11.5 Å². The number of aryl methyl sites for hydroxylation is 1. The Labute approximate surface area is 87.7 Å². The molecule has 3 rings (SSSR count). The first-order valence-corrected chi connectivity index (χ1v) is 5.16. The minimum absolute atomic E-state index is 0.858. The van der Waals surface area contributed by atoms with Gasteiger partial charge in [-0.1, -0.05) is 13.0 Å². The summed E-state index contributed by atoms with van der Waals surface area (Å²) in [6, 6.07) is 8.30. The Balaban J connectivity index is 2.49. The highest BCUT2D eigenvalue weighted by atomic mass is 15.1. The van der Waals surface area contributed by atoms with Gasteiger partial charge >= 0.3 is 0 Å². The molecule has 0 amide bonds. The van der Waals surface area contributed by atoms with E-state index in [1.165, 1.54) is 11.1 Å². The highest BCUT2D eigenvalue weighted by molar-refractivity contribution is 5.66. The molecule has 2 N–H and O–H groups in total. The molecule has 0 unspecified atom stereocenters. The average Bonchev–Trinajstić information content (AvgIpc) is 2.76. The van der Waals surface area contributed by atoms with Gasteiger partial charge in [-0.05, 0) is 30.2 Å². The maximum absolute atomic E-state index is 6.06. The SMILES string of the molecule is CCc1cc2n(cc3ccccn32)c1N. The number of nitrogens with two attached hydrogens (primary N) is 1. The molecule has 3 aromatic heterocycles. The van der Waals surface area contributed by atoms with Crippen LogP contribution in [0, 0.1) is 0 Å². The maximum atomic E-state index is 6.06. The molecule has 0 saturated heterocycles. The van der Waals surface area contributed by atoms with Gasteiger partial charge < -0.3 is 10.1 Å². The molecule has 76 valence electrons. The number of nitrogens with zero attached hydrogens (tertiary/aromatic N) is 2. The number of imidazole rings is 1. The minimum atomic E-state index is 0.858. The fraction of sp³-hybridized carbons (Fsp3) is 0.167. The van der Waals surface area contributed by atoms with Crippen molar-refractivity contribution in [3.8, 4) is 0 Å². The molecule has 0 atom stereocenters. The number of anilines is 1. The van der Waals surface area contributed by atoms with Crippen LogP contribution in [-0.2, 0) is 6.42 Å². The molecule has 0 spiro atoms. The second-order valence-electron chi connectivity index (χ2n) is 3.76. The summed E-state index contributed by atoms with van der Waals surface area (Å²) < 4.78 is 4.20. The van der Waals surface area contributed by atoms with E-state index in [-0.39, 0.29) is 0 Å². The van der Waals surface area contributed by atoms with Gasteiger partial charge in [0.25, 0.3) is 0 Å². The monoisotopic (exact) mass is 199 g/mol. The van der Waals surface area contributed by atoms with Crippen LogP contribution in [0.5, 0.6) is 0 Å². The number of rotatable bonds is 1.